The maximum absolute atomic E-state index is 13.4. The van der Waals surface area contributed by atoms with Crippen molar-refractivity contribution in [2.75, 3.05) is 19.8 Å². The van der Waals surface area contributed by atoms with E-state index in [4.69, 9.17) is 24.7 Å². The quantitative estimate of drug-likeness (QED) is 0.122. The second kappa shape index (κ2) is 22.6. The lowest BCUT2D eigenvalue weighted by molar-refractivity contribution is -0.144. The van der Waals surface area contributed by atoms with Gasteiger partial charge in [-0.15, -0.1) is 0 Å². The highest BCUT2D eigenvalue weighted by molar-refractivity contribution is 5.67. The molecule has 8 nitrogen and oxygen atoms in total. The number of halogens is 14. The van der Waals surface area contributed by atoms with Crippen molar-refractivity contribution in [3.8, 4) is 0 Å². The number of amides is 2. The molecule has 0 spiro atoms. The number of hydrogen-bond donors (Lipinski definition) is 2. The Kier molecular flexibility index (Phi) is 18.9. The number of primary amides is 1. The minimum Gasteiger partial charge on any atom is -0.449 e. The molecule has 2 amide bonds. The van der Waals surface area contributed by atoms with Gasteiger partial charge in [-0.25, -0.2) is 18.4 Å². The van der Waals surface area contributed by atoms with Crippen molar-refractivity contribution in [2.24, 2.45) is 11.1 Å². The highest BCUT2D eigenvalue weighted by atomic mass is 19.4. The van der Waals surface area contributed by atoms with Crippen molar-refractivity contribution in [3.05, 3.63) is 141 Å². The van der Waals surface area contributed by atoms with Crippen LogP contribution >= 0.6 is 0 Å². The van der Waals surface area contributed by atoms with Crippen LogP contribution in [0, 0.1) is 17.0 Å². The van der Waals surface area contributed by atoms with Gasteiger partial charge in [0.2, 0.25) is 0 Å². The smallest absolute Gasteiger partial charge is 0.416 e. The molecule has 0 aliphatic heterocycles. The number of carbonyl (C=O) groups is 2. The van der Waals surface area contributed by atoms with Crippen molar-refractivity contribution >= 4 is 12.2 Å². The van der Waals surface area contributed by atoms with Gasteiger partial charge in [0.05, 0.1) is 48.2 Å². The minimum atomic E-state index is -4.99. The van der Waals surface area contributed by atoms with E-state index >= 15 is 0 Å². The molecule has 4 rings (SSSR count). The maximum Gasteiger partial charge on any atom is 0.416 e. The van der Waals surface area contributed by atoms with Gasteiger partial charge in [-0.2, -0.15) is 52.7 Å². The van der Waals surface area contributed by atoms with E-state index in [9.17, 15) is 71.1 Å². The van der Waals surface area contributed by atoms with Gasteiger partial charge >= 0.3 is 36.9 Å². The summed E-state index contributed by atoms with van der Waals surface area (Å²) in [5, 5.41) is 2.53. The van der Waals surface area contributed by atoms with Crippen LogP contribution in [0.25, 0.3) is 0 Å². The first-order chi connectivity index (χ1) is 31.0. The predicted molar refractivity (Wildman–Crippen MR) is 219 cm³/mol. The monoisotopic (exact) mass is 990 g/mol. The zero-order chi connectivity index (χ0) is 51.6. The lowest BCUT2D eigenvalue weighted by Crippen LogP contribution is -2.38. The molecule has 3 N–H and O–H groups in total. The molecule has 22 heteroatoms. The molecule has 0 heterocycles. The summed E-state index contributed by atoms with van der Waals surface area (Å²) in [6.07, 6.45) is -22.6. The Hall–Kier alpha value is -5.64. The number of ether oxygens (including phenoxy) is 4. The highest BCUT2D eigenvalue weighted by Gasteiger charge is 2.40. The SMILES string of the molecule is CC(C)(C)C(OCc1cc(C(F)(F)F)cc(C(F)(F)F)c1)C(COC(N)=O)c1ccc(F)cc1.CC(C)(C)OC(=O)NCC(COCc1cc(C(F)(F)F)cc(C(F)(F)F)c1)c1ccc(F)cc1. The number of benzene rings is 4. The second-order valence-electron chi connectivity index (χ2n) is 17.4. The fourth-order valence-corrected chi connectivity index (χ4v) is 6.45. The van der Waals surface area contributed by atoms with Crippen molar-refractivity contribution in [3.63, 3.8) is 0 Å². The zero-order valence-corrected chi connectivity index (χ0v) is 37.2. The Morgan fingerprint density at radius 1 is 0.574 bits per heavy atom. The summed E-state index contributed by atoms with van der Waals surface area (Å²) in [6, 6.07) is 12.8. The summed E-state index contributed by atoms with van der Waals surface area (Å²) < 4.78 is 205. The molecule has 4 aromatic rings. The van der Waals surface area contributed by atoms with Gasteiger partial charge < -0.3 is 30.0 Å². The normalized spacial score (nSPS) is 14.0. The molecule has 3 atom stereocenters. The summed E-state index contributed by atoms with van der Waals surface area (Å²) in [5.41, 5.74) is -1.88. The predicted octanol–water partition coefficient (Wildman–Crippen LogP) is 13.4. The fraction of sp³-hybridized carbons (Fsp3) is 0.435. The standard InChI is InChI=1S/2C23H24F7NO3/c1-21(2,3)34-20(32)31-11-16(15-4-6-19(24)7-5-15)13-33-12-14-8-17(22(25,26)27)10-18(9-14)23(28,29)30;1-21(2,3)19(18(12-34-20(31)32)14-4-6-17(24)7-5-14)33-11-13-8-15(22(25,26)27)10-16(9-13)23(28,29)30/h4-10,16H,11-13H2,1-3H3,(H,31,32);4-10,18-19H,11-12H2,1-3H3,(H2,31,32). The van der Waals surface area contributed by atoms with E-state index in [2.05, 4.69) is 5.32 Å². The van der Waals surface area contributed by atoms with Crippen molar-refractivity contribution in [1.82, 2.24) is 5.32 Å². The molecule has 4 aromatic carbocycles. The van der Waals surface area contributed by atoms with Crippen molar-refractivity contribution < 1.29 is 90.0 Å². The van der Waals surface area contributed by atoms with E-state index in [0.29, 0.717) is 35.4 Å². The molecule has 0 fully saturated rings. The number of nitrogens with one attached hydrogen (secondary N) is 1. The van der Waals surface area contributed by atoms with Crippen molar-refractivity contribution in [2.45, 2.75) is 103 Å². The first-order valence-electron chi connectivity index (χ1n) is 20.2. The summed E-state index contributed by atoms with van der Waals surface area (Å²) in [7, 11) is 0. The van der Waals surface area contributed by atoms with E-state index < -0.39 is 113 Å². The summed E-state index contributed by atoms with van der Waals surface area (Å²) >= 11 is 0. The number of hydrogen-bond acceptors (Lipinski definition) is 6. The van der Waals surface area contributed by atoms with Crippen LogP contribution in [0.3, 0.4) is 0 Å². The largest absolute Gasteiger partial charge is 0.449 e. The molecule has 0 aliphatic carbocycles. The average molecular weight is 991 g/mol. The van der Waals surface area contributed by atoms with E-state index in [0.717, 1.165) is 12.1 Å². The molecule has 68 heavy (non-hydrogen) atoms. The molecule has 0 aliphatic rings. The lowest BCUT2D eigenvalue weighted by atomic mass is 9.78. The maximum atomic E-state index is 13.4. The Balaban J connectivity index is 0.000000360. The van der Waals surface area contributed by atoms with Gasteiger partial charge in [0.1, 0.15) is 23.8 Å². The molecular formula is C46H48F14N2O6. The first kappa shape index (κ1) is 56.7. The fourth-order valence-electron chi connectivity index (χ4n) is 6.45. The van der Waals surface area contributed by atoms with Gasteiger partial charge in [0, 0.05) is 18.4 Å². The Morgan fingerprint density at radius 3 is 1.34 bits per heavy atom. The van der Waals surface area contributed by atoms with Crippen LogP contribution in [-0.4, -0.2) is 43.7 Å². The number of alkyl carbamates (subject to hydrolysis) is 1. The summed E-state index contributed by atoms with van der Waals surface area (Å²) in [6.45, 7) is 8.52. The second-order valence-corrected chi connectivity index (χ2v) is 17.4. The third kappa shape index (κ3) is 18.8. The molecular weight excluding hydrogens is 942 g/mol. The number of carbonyl (C=O) groups excluding carboxylic acids is 2. The summed E-state index contributed by atoms with van der Waals surface area (Å²) in [4.78, 5) is 23.1. The average Bonchev–Trinajstić information content (AvgIpc) is 3.18. The van der Waals surface area contributed by atoms with E-state index in [-0.39, 0.29) is 43.0 Å². The molecule has 0 saturated carbocycles. The number of rotatable bonds is 14. The van der Waals surface area contributed by atoms with Crippen LogP contribution < -0.4 is 11.1 Å². The van der Waals surface area contributed by atoms with Gasteiger partial charge in [-0.05, 0) is 109 Å². The van der Waals surface area contributed by atoms with E-state index in [1.807, 2.05) is 0 Å². The molecule has 0 bridgehead atoms. The van der Waals surface area contributed by atoms with Gasteiger partial charge in [0.15, 0.2) is 0 Å². The van der Waals surface area contributed by atoms with Crippen molar-refractivity contribution in [1.29, 1.82) is 0 Å². The molecule has 376 valence electrons. The Morgan fingerprint density at radius 2 is 0.971 bits per heavy atom. The number of alkyl halides is 12. The lowest BCUT2D eigenvalue weighted by Gasteiger charge is -2.37. The minimum absolute atomic E-state index is 0.0308. The van der Waals surface area contributed by atoms with Gasteiger partial charge in [-0.1, -0.05) is 45.0 Å². The Bertz CT molecular complexity index is 2200. The molecule has 0 radical (unpaired) electrons. The van der Waals surface area contributed by atoms with Crippen LogP contribution in [0.1, 0.15) is 97.9 Å². The van der Waals surface area contributed by atoms with Crippen LogP contribution in [0.4, 0.5) is 71.1 Å². The third-order valence-electron chi connectivity index (χ3n) is 9.47. The number of nitrogens with two attached hydrogens (primary N) is 1. The molecule has 0 saturated heterocycles. The van der Waals surface area contributed by atoms with Crippen LogP contribution in [-0.2, 0) is 56.9 Å². The van der Waals surface area contributed by atoms with Crippen LogP contribution in [0.5, 0.6) is 0 Å². The molecule has 0 aromatic heterocycles. The van der Waals surface area contributed by atoms with Gasteiger partial charge in [0.25, 0.3) is 0 Å². The van der Waals surface area contributed by atoms with E-state index in [1.165, 1.54) is 36.4 Å². The Labute approximate surface area is 382 Å². The highest BCUT2D eigenvalue weighted by Crippen LogP contribution is 2.40. The molecule has 3 unspecified atom stereocenters. The zero-order valence-electron chi connectivity index (χ0n) is 37.2. The third-order valence-corrected chi connectivity index (χ3v) is 9.47. The van der Waals surface area contributed by atoms with Crippen LogP contribution in [0.2, 0.25) is 0 Å². The van der Waals surface area contributed by atoms with Gasteiger partial charge in [-0.3, -0.25) is 0 Å². The first-order valence-corrected chi connectivity index (χ1v) is 20.2. The van der Waals surface area contributed by atoms with E-state index in [1.54, 1.807) is 41.5 Å². The van der Waals surface area contributed by atoms with Crippen LogP contribution in [0.15, 0.2) is 84.9 Å². The summed E-state index contributed by atoms with van der Waals surface area (Å²) in [5.74, 6) is -2.37. The topological polar surface area (TPSA) is 109 Å².